The van der Waals surface area contributed by atoms with Crippen molar-refractivity contribution in [1.82, 2.24) is 0 Å². The standard InChI is InChI=1S/2C9H14P.2HI/c2*1-10(2,3)9-7-5-4-6-8-9;;/h2*4-8H,1-3H3;2*1H/q2*+1;;/p-2. The molecule has 0 amide bonds. The number of hydrogen-bond acceptors (Lipinski definition) is 0. The van der Waals surface area contributed by atoms with Crippen molar-refractivity contribution in [2.24, 2.45) is 0 Å². The molecule has 0 radical (unpaired) electrons. The Kier molecular flexibility index (Phi) is 12.9. The van der Waals surface area contributed by atoms with E-state index < -0.39 is 14.5 Å². The molecule has 4 heteroatoms. The zero-order valence-corrected chi connectivity index (χ0v) is 20.5. The lowest BCUT2D eigenvalue weighted by molar-refractivity contribution is -0.001000. The highest BCUT2D eigenvalue weighted by molar-refractivity contribution is 7.81. The van der Waals surface area contributed by atoms with Gasteiger partial charge in [-0.1, -0.05) is 36.4 Å². The first kappa shape index (κ1) is 25.0. The van der Waals surface area contributed by atoms with Crippen LogP contribution in [0.15, 0.2) is 60.7 Å². The smallest absolute Gasteiger partial charge is 0.0930 e. The molecule has 0 nitrogen and oxygen atoms in total. The molecule has 22 heavy (non-hydrogen) atoms. The first-order valence-electron chi connectivity index (χ1n) is 6.95. The van der Waals surface area contributed by atoms with Gasteiger partial charge in [0.15, 0.2) is 0 Å². The fourth-order valence-corrected chi connectivity index (χ4v) is 3.88. The third-order valence-corrected chi connectivity index (χ3v) is 6.76. The minimum absolute atomic E-state index is 0. The van der Waals surface area contributed by atoms with Crippen molar-refractivity contribution in [1.29, 1.82) is 0 Å². The van der Waals surface area contributed by atoms with Gasteiger partial charge < -0.3 is 48.0 Å². The molecular formula is C18H28I2P2. The van der Waals surface area contributed by atoms with Gasteiger partial charge in [0.1, 0.15) is 0 Å². The van der Waals surface area contributed by atoms with E-state index in [4.69, 9.17) is 0 Å². The SMILES string of the molecule is C[P+](C)(C)c1ccccc1.C[P+](C)(C)c1ccccc1.[I-].[I-]. The molecule has 0 aliphatic carbocycles. The fourth-order valence-electron chi connectivity index (χ4n) is 1.75. The second-order valence-electron chi connectivity index (χ2n) is 6.70. The van der Waals surface area contributed by atoms with Gasteiger partial charge in [0.05, 0.1) is 50.6 Å². The highest BCUT2D eigenvalue weighted by Gasteiger charge is 2.20. The van der Waals surface area contributed by atoms with E-state index in [0.29, 0.717) is 0 Å². The summed E-state index contributed by atoms with van der Waals surface area (Å²) in [6, 6.07) is 21.4. The van der Waals surface area contributed by atoms with Crippen LogP contribution in [0.4, 0.5) is 0 Å². The molecule has 2 rings (SSSR count). The minimum atomic E-state index is -0.768. The second-order valence-corrected chi connectivity index (χ2v) is 15.8. The molecule has 0 aliphatic rings. The highest BCUT2D eigenvalue weighted by atomic mass is 127. The molecule has 0 saturated heterocycles. The fraction of sp³-hybridized carbons (Fsp3) is 0.333. The van der Waals surface area contributed by atoms with Gasteiger partial charge in [-0.2, -0.15) is 0 Å². The molecule has 0 spiro atoms. The van der Waals surface area contributed by atoms with Crippen LogP contribution in [0.1, 0.15) is 0 Å². The molecule has 124 valence electrons. The van der Waals surface area contributed by atoms with Gasteiger partial charge in [0, 0.05) is 14.5 Å². The first-order valence-corrected chi connectivity index (χ1v) is 13.2. The van der Waals surface area contributed by atoms with E-state index in [1.165, 1.54) is 10.6 Å². The molecule has 0 aliphatic heterocycles. The van der Waals surface area contributed by atoms with Gasteiger partial charge in [-0.15, -0.1) is 0 Å². The van der Waals surface area contributed by atoms with Crippen LogP contribution in [-0.2, 0) is 0 Å². The van der Waals surface area contributed by atoms with E-state index in [1.807, 2.05) is 0 Å². The Morgan fingerprint density at radius 3 is 0.818 bits per heavy atom. The van der Waals surface area contributed by atoms with E-state index >= 15 is 0 Å². The van der Waals surface area contributed by atoms with E-state index in [2.05, 4.69) is 101 Å². The van der Waals surface area contributed by atoms with E-state index in [-0.39, 0.29) is 48.0 Å². The zero-order chi connectivity index (χ0) is 15.2. The van der Waals surface area contributed by atoms with Crippen molar-refractivity contribution in [2.45, 2.75) is 0 Å². The Morgan fingerprint density at radius 1 is 0.455 bits per heavy atom. The molecule has 0 saturated carbocycles. The third kappa shape index (κ3) is 9.80. The molecule has 0 fully saturated rings. The summed E-state index contributed by atoms with van der Waals surface area (Å²) < 4.78 is 0. The monoisotopic (exact) mass is 560 g/mol. The van der Waals surface area contributed by atoms with Crippen molar-refractivity contribution in [3.63, 3.8) is 0 Å². The minimum Gasteiger partial charge on any atom is -1.00 e. The Bertz CT molecular complexity index is 451. The molecule has 0 bridgehead atoms. The van der Waals surface area contributed by atoms with Crippen LogP contribution in [0.2, 0.25) is 0 Å². The Labute approximate surface area is 172 Å². The van der Waals surface area contributed by atoms with Crippen LogP contribution in [-0.4, -0.2) is 40.0 Å². The summed E-state index contributed by atoms with van der Waals surface area (Å²) in [6.07, 6.45) is 0. The van der Waals surface area contributed by atoms with Crippen molar-refractivity contribution < 1.29 is 48.0 Å². The molecule has 0 heterocycles. The quantitative estimate of drug-likeness (QED) is 0.309. The van der Waals surface area contributed by atoms with Gasteiger partial charge in [-0.3, -0.25) is 0 Å². The Balaban J connectivity index is 0. The van der Waals surface area contributed by atoms with Crippen LogP contribution in [0.5, 0.6) is 0 Å². The van der Waals surface area contributed by atoms with Crippen LogP contribution in [0, 0.1) is 0 Å². The third-order valence-electron chi connectivity index (χ3n) is 3.06. The summed E-state index contributed by atoms with van der Waals surface area (Å²) in [5, 5.41) is 3.02. The summed E-state index contributed by atoms with van der Waals surface area (Å²) in [6.45, 7) is 14.0. The molecule has 0 atom stereocenters. The van der Waals surface area contributed by atoms with Gasteiger partial charge in [-0.05, 0) is 24.3 Å². The number of benzene rings is 2. The van der Waals surface area contributed by atoms with E-state index in [0.717, 1.165) is 0 Å². The topological polar surface area (TPSA) is 0 Å². The summed E-state index contributed by atoms with van der Waals surface area (Å²) in [5.74, 6) is 0. The van der Waals surface area contributed by atoms with Crippen molar-refractivity contribution >= 4 is 25.1 Å². The molecule has 0 aromatic heterocycles. The van der Waals surface area contributed by atoms with E-state index in [9.17, 15) is 0 Å². The maximum absolute atomic E-state index is 2.34. The number of rotatable bonds is 2. The van der Waals surface area contributed by atoms with Gasteiger partial charge in [0.25, 0.3) is 0 Å². The summed E-state index contributed by atoms with van der Waals surface area (Å²) >= 11 is 0. The summed E-state index contributed by atoms with van der Waals surface area (Å²) in [4.78, 5) is 0. The Hall–Kier alpha value is 0.760. The lowest BCUT2D eigenvalue weighted by Crippen LogP contribution is -3.00. The molecule has 2 aromatic carbocycles. The van der Waals surface area contributed by atoms with Crippen molar-refractivity contribution in [2.75, 3.05) is 40.0 Å². The van der Waals surface area contributed by atoms with Gasteiger partial charge in [0.2, 0.25) is 0 Å². The Morgan fingerprint density at radius 2 is 0.682 bits per heavy atom. The number of hydrogen-bond donors (Lipinski definition) is 0. The van der Waals surface area contributed by atoms with Crippen molar-refractivity contribution in [3.8, 4) is 0 Å². The largest absolute Gasteiger partial charge is 1.00 e. The average molecular weight is 560 g/mol. The molecule has 0 unspecified atom stereocenters. The number of halogens is 2. The summed E-state index contributed by atoms with van der Waals surface area (Å²) in [5.41, 5.74) is 0. The first-order chi connectivity index (χ1) is 9.21. The maximum atomic E-state index is 2.34. The predicted molar refractivity (Wildman–Crippen MR) is 102 cm³/mol. The van der Waals surface area contributed by atoms with E-state index in [1.54, 1.807) is 0 Å². The van der Waals surface area contributed by atoms with Gasteiger partial charge >= 0.3 is 0 Å². The van der Waals surface area contributed by atoms with Crippen molar-refractivity contribution in [3.05, 3.63) is 60.7 Å². The lowest BCUT2D eigenvalue weighted by Gasteiger charge is -2.10. The maximum Gasteiger partial charge on any atom is 0.0930 e. The zero-order valence-electron chi connectivity index (χ0n) is 14.4. The van der Waals surface area contributed by atoms with Crippen LogP contribution >= 0.6 is 14.5 Å². The summed E-state index contributed by atoms with van der Waals surface area (Å²) in [7, 11) is -1.54. The van der Waals surface area contributed by atoms with Gasteiger partial charge in [-0.25, -0.2) is 0 Å². The normalized spacial score (nSPS) is 10.5. The molecule has 0 N–H and O–H groups in total. The molecular weight excluding hydrogens is 532 g/mol. The average Bonchev–Trinajstić information content (AvgIpc) is 2.40. The second kappa shape index (κ2) is 11.3. The predicted octanol–water partition coefficient (Wildman–Crippen LogP) is -1.55. The molecule has 2 aromatic rings. The van der Waals surface area contributed by atoms with Crippen LogP contribution in [0.3, 0.4) is 0 Å². The highest BCUT2D eigenvalue weighted by Crippen LogP contribution is 2.45. The lowest BCUT2D eigenvalue weighted by atomic mass is 10.4. The van der Waals surface area contributed by atoms with Crippen LogP contribution < -0.4 is 58.6 Å². The van der Waals surface area contributed by atoms with Crippen LogP contribution in [0.25, 0.3) is 0 Å².